The quantitative estimate of drug-likeness (QED) is 0.161. The number of hydrogen-bond acceptors (Lipinski definition) is 7. The van der Waals surface area contributed by atoms with Crippen molar-refractivity contribution >= 4 is 52.7 Å². The van der Waals surface area contributed by atoms with E-state index >= 15 is 0 Å². The molecule has 198 valence electrons. The fraction of sp³-hybridized carbons (Fsp3) is 0.792. The van der Waals surface area contributed by atoms with Crippen molar-refractivity contribution in [2.24, 2.45) is 23.2 Å². The number of carbonyl (C=O) groups excluding carboxylic acids is 3. The van der Waals surface area contributed by atoms with Crippen molar-refractivity contribution in [1.29, 1.82) is 0 Å². The van der Waals surface area contributed by atoms with Gasteiger partial charge >= 0.3 is 12.1 Å². The second kappa shape index (κ2) is 13.3. The molecule has 0 aliphatic heterocycles. The lowest BCUT2D eigenvalue weighted by molar-refractivity contribution is -0.170. The Hall–Kier alpha value is -1.02. The molecule has 0 aromatic rings. The van der Waals surface area contributed by atoms with Crippen molar-refractivity contribution in [3.63, 3.8) is 0 Å². The summed E-state index contributed by atoms with van der Waals surface area (Å²) in [5.41, 5.74) is -1.81. The Morgan fingerprint density at radius 2 is 1.50 bits per heavy atom. The third kappa shape index (κ3) is 10.7. The van der Waals surface area contributed by atoms with E-state index in [2.05, 4.69) is 6.58 Å². The zero-order valence-corrected chi connectivity index (χ0v) is 23.8. The number of Topliss-reactive ketones (excluding diaryl/α,β-unsaturated/α-hetero) is 1. The molecule has 0 saturated heterocycles. The van der Waals surface area contributed by atoms with Gasteiger partial charge in [-0.25, -0.2) is 4.79 Å². The normalized spacial score (nSPS) is 17.1. The topological polar surface area (TPSA) is 88.1 Å². The molecule has 0 rings (SSSR count). The molecule has 0 fully saturated rings. The first-order chi connectivity index (χ1) is 15.3. The van der Waals surface area contributed by atoms with Crippen LogP contribution < -0.4 is 0 Å². The second-order valence-corrected chi connectivity index (χ2v) is 12.6. The summed E-state index contributed by atoms with van der Waals surface area (Å²) < 4.78 is 19.7. The molecule has 0 heterocycles. The van der Waals surface area contributed by atoms with Crippen molar-refractivity contribution in [3.8, 4) is 0 Å². The van der Waals surface area contributed by atoms with E-state index in [0.29, 0.717) is 6.42 Å². The van der Waals surface area contributed by atoms with Gasteiger partial charge in [0.1, 0.15) is 24.1 Å². The van der Waals surface area contributed by atoms with Gasteiger partial charge in [-0.15, -0.1) is 6.58 Å². The number of esters is 1. The molecule has 0 amide bonds. The second-order valence-electron chi connectivity index (χ2n) is 10.1. The maximum atomic E-state index is 13.7. The minimum Gasteiger partial charge on any atom is -0.460 e. The van der Waals surface area contributed by atoms with Crippen molar-refractivity contribution in [1.82, 2.24) is 0 Å². The number of methoxy groups -OCH3 is 1. The summed E-state index contributed by atoms with van der Waals surface area (Å²) in [7, 11) is 1.44. The van der Waals surface area contributed by atoms with Gasteiger partial charge in [0.2, 0.25) is 3.79 Å². The molecule has 0 N–H and O–H groups in total. The number of alkyl halides is 3. The van der Waals surface area contributed by atoms with Crippen LogP contribution in [0.15, 0.2) is 12.7 Å². The van der Waals surface area contributed by atoms with Crippen molar-refractivity contribution in [3.05, 3.63) is 12.7 Å². The lowest BCUT2D eigenvalue weighted by Gasteiger charge is -2.39. The average Bonchev–Trinajstić information content (AvgIpc) is 2.67. The fourth-order valence-electron chi connectivity index (χ4n) is 3.91. The van der Waals surface area contributed by atoms with Gasteiger partial charge in [0.05, 0.1) is 23.4 Å². The third-order valence-corrected chi connectivity index (χ3v) is 5.75. The highest BCUT2D eigenvalue weighted by Gasteiger charge is 2.47. The van der Waals surface area contributed by atoms with Crippen LogP contribution in [0.2, 0.25) is 0 Å². The highest BCUT2D eigenvalue weighted by atomic mass is 35.6. The van der Waals surface area contributed by atoms with Crippen LogP contribution in [-0.2, 0) is 28.5 Å². The maximum Gasteiger partial charge on any atom is 0.508 e. The number of allylic oxidation sites excluding steroid dienone is 1. The van der Waals surface area contributed by atoms with Gasteiger partial charge in [-0.1, -0.05) is 68.6 Å². The minimum absolute atomic E-state index is 0.259. The van der Waals surface area contributed by atoms with Crippen LogP contribution in [0.5, 0.6) is 0 Å². The van der Waals surface area contributed by atoms with Gasteiger partial charge in [0, 0.05) is 7.11 Å². The number of carbonyl (C=O) groups is 3. The van der Waals surface area contributed by atoms with E-state index in [0.717, 1.165) is 0 Å². The van der Waals surface area contributed by atoms with Gasteiger partial charge < -0.3 is 18.9 Å². The minimum atomic E-state index is -1.80. The number of ether oxygens (including phenoxy) is 4. The first-order valence-corrected chi connectivity index (χ1v) is 12.2. The van der Waals surface area contributed by atoms with Crippen LogP contribution in [-0.4, -0.2) is 53.2 Å². The van der Waals surface area contributed by atoms with Gasteiger partial charge in [-0.2, -0.15) is 0 Å². The smallest absolute Gasteiger partial charge is 0.460 e. The Balaban J connectivity index is 5.80. The Bertz CT molecular complexity index is 710. The zero-order valence-electron chi connectivity index (χ0n) is 21.6. The molecule has 5 atom stereocenters. The molecule has 10 heteroatoms. The number of rotatable bonds is 12. The Morgan fingerprint density at radius 3 is 1.91 bits per heavy atom. The first kappa shape index (κ1) is 33.0. The lowest BCUT2D eigenvalue weighted by Crippen LogP contribution is -2.50. The van der Waals surface area contributed by atoms with Crippen molar-refractivity contribution in [2.45, 2.75) is 83.4 Å². The van der Waals surface area contributed by atoms with Crippen LogP contribution in [0.1, 0.15) is 61.8 Å². The molecular weight excluding hydrogens is 507 g/mol. The van der Waals surface area contributed by atoms with Crippen LogP contribution in [0.4, 0.5) is 4.79 Å². The third-order valence-electron chi connectivity index (χ3n) is 5.42. The summed E-state index contributed by atoms with van der Waals surface area (Å²) in [4.78, 5) is 38.6. The standard InChI is InChI=1S/C24H39Cl3O7/c1-11-12-14(2)17(33-21(30)32-13-24(25,26)27)15(3)18(28)23(8,9)19(31-10)16(4)20(29)34-22(5,6)7/h11,14-17,19H,1,12-13H2,2-10H3. The monoisotopic (exact) mass is 544 g/mol. The van der Waals surface area contributed by atoms with E-state index in [4.69, 9.17) is 53.8 Å². The number of hydrogen-bond donors (Lipinski definition) is 0. The fourth-order valence-corrected chi connectivity index (χ4v) is 4.08. The summed E-state index contributed by atoms with van der Waals surface area (Å²) in [5.74, 6) is -2.50. The van der Waals surface area contributed by atoms with Crippen LogP contribution >= 0.6 is 34.8 Å². The summed E-state index contributed by atoms with van der Waals surface area (Å²) in [6, 6.07) is 0. The highest BCUT2D eigenvalue weighted by Crippen LogP contribution is 2.36. The molecule has 0 aliphatic rings. The molecule has 0 radical (unpaired) electrons. The molecule has 0 aromatic heterocycles. The van der Waals surface area contributed by atoms with Crippen LogP contribution in [0.25, 0.3) is 0 Å². The molecule has 5 unspecified atom stereocenters. The lowest BCUT2D eigenvalue weighted by atomic mass is 9.70. The molecule has 0 aliphatic carbocycles. The van der Waals surface area contributed by atoms with E-state index < -0.39 is 57.6 Å². The van der Waals surface area contributed by atoms with E-state index in [9.17, 15) is 14.4 Å². The summed E-state index contributed by atoms with van der Waals surface area (Å²) >= 11 is 16.9. The van der Waals surface area contributed by atoms with Gasteiger partial charge in [-0.3, -0.25) is 9.59 Å². The number of ketones is 1. The van der Waals surface area contributed by atoms with Gasteiger partial charge in [0.15, 0.2) is 0 Å². The molecule has 7 nitrogen and oxygen atoms in total. The van der Waals surface area contributed by atoms with Gasteiger partial charge in [-0.05, 0) is 40.0 Å². The zero-order chi connectivity index (χ0) is 27.1. The Kier molecular flexibility index (Phi) is 12.9. The Morgan fingerprint density at radius 1 is 0.971 bits per heavy atom. The largest absolute Gasteiger partial charge is 0.508 e. The van der Waals surface area contributed by atoms with Gasteiger partial charge in [0.25, 0.3) is 0 Å². The molecular formula is C24H39Cl3O7. The van der Waals surface area contributed by atoms with Crippen LogP contribution in [0.3, 0.4) is 0 Å². The SMILES string of the molecule is C=CCC(C)C(OC(=O)OCC(Cl)(Cl)Cl)C(C)C(=O)C(C)(C)C(OC)C(C)C(=O)OC(C)(C)C. The molecule has 0 spiro atoms. The predicted molar refractivity (Wildman–Crippen MR) is 134 cm³/mol. The molecule has 0 bridgehead atoms. The summed E-state index contributed by atoms with van der Waals surface area (Å²) in [5, 5.41) is 0. The summed E-state index contributed by atoms with van der Waals surface area (Å²) in [6.07, 6.45) is -0.567. The molecule has 34 heavy (non-hydrogen) atoms. The van der Waals surface area contributed by atoms with Crippen molar-refractivity contribution < 1.29 is 33.3 Å². The van der Waals surface area contributed by atoms with E-state index in [1.165, 1.54) is 7.11 Å². The summed E-state index contributed by atoms with van der Waals surface area (Å²) in [6.45, 7) is 17.0. The van der Waals surface area contributed by atoms with E-state index in [-0.39, 0.29) is 11.7 Å². The molecule has 0 aromatic carbocycles. The average molecular weight is 546 g/mol. The predicted octanol–water partition coefficient (Wildman–Crippen LogP) is 6.31. The Labute approximate surface area is 218 Å². The maximum absolute atomic E-state index is 13.7. The molecule has 0 saturated carbocycles. The van der Waals surface area contributed by atoms with E-state index in [1.54, 1.807) is 54.5 Å². The van der Waals surface area contributed by atoms with Crippen molar-refractivity contribution in [2.75, 3.05) is 13.7 Å². The number of halogens is 3. The first-order valence-electron chi connectivity index (χ1n) is 11.1. The highest BCUT2D eigenvalue weighted by molar-refractivity contribution is 6.67. The van der Waals surface area contributed by atoms with E-state index in [1.807, 2.05) is 6.92 Å². The van der Waals surface area contributed by atoms with Crippen LogP contribution in [0, 0.1) is 23.2 Å².